The minimum absolute atomic E-state index is 0.00813. The second kappa shape index (κ2) is 5.32. The van der Waals surface area contributed by atoms with E-state index >= 15 is 0 Å². The number of rotatable bonds is 2. The zero-order valence-electron chi connectivity index (χ0n) is 10.7. The van der Waals surface area contributed by atoms with Crippen molar-refractivity contribution in [3.63, 3.8) is 0 Å². The minimum Gasteiger partial charge on any atom is -0.323 e. The van der Waals surface area contributed by atoms with Crippen LogP contribution >= 0.6 is 11.6 Å². The highest BCUT2D eigenvalue weighted by molar-refractivity contribution is 6.30. The van der Waals surface area contributed by atoms with Gasteiger partial charge in [-0.15, -0.1) is 0 Å². The molecule has 1 aromatic carbocycles. The van der Waals surface area contributed by atoms with E-state index in [9.17, 15) is 0 Å². The van der Waals surface area contributed by atoms with Gasteiger partial charge in [0.15, 0.2) is 0 Å². The van der Waals surface area contributed by atoms with Crippen LogP contribution in [0.25, 0.3) is 0 Å². The summed E-state index contributed by atoms with van der Waals surface area (Å²) in [5.41, 5.74) is 10.1. The Morgan fingerprint density at radius 2 is 2.00 bits per heavy atom. The normalized spacial score (nSPS) is 19.8. The summed E-state index contributed by atoms with van der Waals surface area (Å²) in [7, 11) is 0. The molecule has 0 saturated heterocycles. The number of fused-ring (bicyclic) bond motifs is 1. The summed E-state index contributed by atoms with van der Waals surface area (Å²) in [6.45, 7) is 0. The third kappa shape index (κ3) is 2.51. The van der Waals surface area contributed by atoms with Gasteiger partial charge in [0.2, 0.25) is 0 Å². The van der Waals surface area contributed by atoms with E-state index in [1.54, 1.807) is 0 Å². The van der Waals surface area contributed by atoms with Crippen molar-refractivity contribution in [3.05, 3.63) is 64.4 Å². The fourth-order valence-electron chi connectivity index (χ4n) is 2.91. The standard InChI is InChI=1S/C16H17ClN2/c17-13-8-6-11(7-9-13)15(18)14-5-1-3-12-4-2-10-19-16(12)14/h2,4,6-10,14-15H,1,3,5,18H2. The molecule has 19 heavy (non-hydrogen) atoms. The van der Waals surface area contributed by atoms with E-state index in [1.807, 2.05) is 36.5 Å². The lowest BCUT2D eigenvalue weighted by atomic mass is 9.80. The molecule has 2 atom stereocenters. The molecule has 2 N–H and O–H groups in total. The lowest BCUT2D eigenvalue weighted by Crippen LogP contribution is -2.24. The second-order valence-electron chi connectivity index (χ2n) is 5.12. The van der Waals surface area contributed by atoms with Crippen molar-refractivity contribution in [2.75, 3.05) is 0 Å². The fraction of sp³-hybridized carbons (Fsp3) is 0.312. The molecule has 98 valence electrons. The summed E-state index contributed by atoms with van der Waals surface area (Å²) in [6, 6.07) is 12.0. The summed E-state index contributed by atoms with van der Waals surface area (Å²) < 4.78 is 0. The maximum Gasteiger partial charge on any atom is 0.0485 e. The first-order valence-corrected chi connectivity index (χ1v) is 7.08. The number of hydrogen-bond donors (Lipinski definition) is 1. The van der Waals surface area contributed by atoms with Crippen LogP contribution < -0.4 is 5.73 Å². The van der Waals surface area contributed by atoms with Gasteiger partial charge in [-0.25, -0.2) is 0 Å². The molecule has 3 rings (SSSR count). The Morgan fingerprint density at radius 1 is 1.21 bits per heavy atom. The summed E-state index contributed by atoms with van der Waals surface area (Å²) in [6.07, 6.45) is 5.28. The Bertz CT molecular complexity index is 565. The Labute approximate surface area is 118 Å². The van der Waals surface area contributed by atoms with Gasteiger partial charge in [-0.1, -0.05) is 29.8 Å². The predicted octanol–water partition coefficient (Wildman–Crippen LogP) is 3.85. The number of halogens is 1. The third-order valence-corrected chi connectivity index (χ3v) is 4.18. The van der Waals surface area contributed by atoms with E-state index in [-0.39, 0.29) is 6.04 Å². The molecule has 0 radical (unpaired) electrons. The summed E-state index contributed by atoms with van der Waals surface area (Å²) >= 11 is 5.93. The zero-order valence-corrected chi connectivity index (χ0v) is 11.5. The third-order valence-electron chi connectivity index (χ3n) is 3.93. The first kappa shape index (κ1) is 12.6. The summed E-state index contributed by atoms with van der Waals surface area (Å²) in [5.74, 6) is 0.311. The molecule has 0 aliphatic heterocycles. The van der Waals surface area contributed by atoms with E-state index in [2.05, 4.69) is 11.1 Å². The van der Waals surface area contributed by atoms with Gasteiger partial charge in [0.1, 0.15) is 0 Å². The number of benzene rings is 1. The predicted molar refractivity (Wildman–Crippen MR) is 78.3 cm³/mol. The Balaban J connectivity index is 1.92. The summed E-state index contributed by atoms with van der Waals surface area (Å²) in [4.78, 5) is 4.56. The van der Waals surface area contributed by atoms with Crippen molar-refractivity contribution < 1.29 is 0 Å². The average Bonchev–Trinajstić information content (AvgIpc) is 2.47. The van der Waals surface area contributed by atoms with Gasteiger partial charge < -0.3 is 5.73 Å². The van der Waals surface area contributed by atoms with E-state index in [4.69, 9.17) is 17.3 Å². The van der Waals surface area contributed by atoms with Crippen LogP contribution in [0.5, 0.6) is 0 Å². The molecule has 2 nitrogen and oxygen atoms in total. The van der Waals surface area contributed by atoms with E-state index in [0.717, 1.165) is 23.4 Å². The molecule has 0 amide bonds. The van der Waals surface area contributed by atoms with Gasteiger partial charge in [0, 0.05) is 28.9 Å². The van der Waals surface area contributed by atoms with Gasteiger partial charge >= 0.3 is 0 Å². The number of nitrogens with zero attached hydrogens (tertiary/aromatic N) is 1. The highest BCUT2D eigenvalue weighted by Crippen LogP contribution is 2.37. The average molecular weight is 273 g/mol. The molecular weight excluding hydrogens is 256 g/mol. The zero-order chi connectivity index (χ0) is 13.2. The second-order valence-corrected chi connectivity index (χ2v) is 5.56. The maximum atomic E-state index is 6.45. The Morgan fingerprint density at radius 3 is 2.79 bits per heavy atom. The quantitative estimate of drug-likeness (QED) is 0.902. The Hall–Kier alpha value is -1.38. The van der Waals surface area contributed by atoms with Crippen LogP contribution in [0.1, 0.15) is 41.6 Å². The molecule has 0 fully saturated rings. The van der Waals surface area contributed by atoms with Crippen LogP contribution in [0.3, 0.4) is 0 Å². The topological polar surface area (TPSA) is 38.9 Å². The van der Waals surface area contributed by atoms with Crippen molar-refractivity contribution >= 4 is 11.6 Å². The highest BCUT2D eigenvalue weighted by Gasteiger charge is 2.27. The number of aryl methyl sites for hydroxylation is 1. The van der Waals surface area contributed by atoms with E-state index < -0.39 is 0 Å². The van der Waals surface area contributed by atoms with Crippen molar-refractivity contribution in [3.8, 4) is 0 Å². The first-order valence-electron chi connectivity index (χ1n) is 6.70. The molecule has 3 heteroatoms. The van der Waals surface area contributed by atoms with Crippen LogP contribution in [0, 0.1) is 0 Å². The molecule has 1 aliphatic carbocycles. The van der Waals surface area contributed by atoms with Crippen molar-refractivity contribution in [2.24, 2.45) is 5.73 Å². The largest absolute Gasteiger partial charge is 0.323 e. The van der Waals surface area contributed by atoms with E-state index in [1.165, 1.54) is 17.7 Å². The SMILES string of the molecule is NC(c1ccc(Cl)cc1)C1CCCc2cccnc21. The number of aromatic nitrogens is 1. The lowest BCUT2D eigenvalue weighted by molar-refractivity contribution is 0.463. The van der Waals surface area contributed by atoms with Gasteiger partial charge in [-0.2, -0.15) is 0 Å². The molecule has 2 aromatic rings. The van der Waals surface area contributed by atoms with Crippen molar-refractivity contribution in [1.29, 1.82) is 0 Å². The maximum absolute atomic E-state index is 6.45. The number of nitrogens with two attached hydrogens (primary N) is 1. The van der Waals surface area contributed by atoms with E-state index in [0.29, 0.717) is 5.92 Å². The molecule has 1 aliphatic rings. The fourth-order valence-corrected chi connectivity index (χ4v) is 3.04. The minimum atomic E-state index is -0.00813. The number of pyridine rings is 1. The lowest BCUT2D eigenvalue weighted by Gasteiger charge is -2.29. The van der Waals surface area contributed by atoms with Crippen molar-refractivity contribution in [2.45, 2.75) is 31.2 Å². The molecular formula is C16H17ClN2. The molecule has 1 heterocycles. The molecule has 0 bridgehead atoms. The van der Waals surface area contributed by atoms with Gasteiger partial charge in [0.25, 0.3) is 0 Å². The van der Waals surface area contributed by atoms with Crippen LogP contribution in [0.15, 0.2) is 42.6 Å². The van der Waals surface area contributed by atoms with Gasteiger partial charge in [-0.05, 0) is 48.6 Å². The van der Waals surface area contributed by atoms with Gasteiger partial charge in [-0.3, -0.25) is 4.98 Å². The highest BCUT2D eigenvalue weighted by atomic mass is 35.5. The van der Waals surface area contributed by atoms with Crippen molar-refractivity contribution in [1.82, 2.24) is 4.98 Å². The van der Waals surface area contributed by atoms with Crippen LogP contribution in [-0.4, -0.2) is 4.98 Å². The smallest absolute Gasteiger partial charge is 0.0485 e. The first-order chi connectivity index (χ1) is 9.25. The summed E-state index contributed by atoms with van der Waals surface area (Å²) in [5, 5.41) is 0.748. The van der Waals surface area contributed by atoms with Crippen LogP contribution in [0.2, 0.25) is 5.02 Å². The molecule has 2 unspecified atom stereocenters. The number of hydrogen-bond acceptors (Lipinski definition) is 2. The molecule has 1 aromatic heterocycles. The van der Waals surface area contributed by atoms with Gasteiger partial charge in [0.05, 0.1) is 0 Å². The van der Waals surface area contributed by atoms with Crippen LogP contribution in [-0.2, 0) is 6.42 Å². The Kier molecular flexibility index (Phi) is 3.54. The monoisotopic (exact) mass is 272 g/mol. The molecule has 0 spiro atoms. The van der Waals surface area contributed by atoms with Crippen LogP contribution in [0.4, 0.5) is 0 Å². The molecule has 0 saturated carbocycles.